The zero-order chi connectivity index (χ0) is 48.4. The van der Waals surface area contributed by atoms with E-state index in [1.807, 2.05) is 11.3 Å². The molecule has 0 N–H and O–H groups in total. The van der Waals surface area contributed by atoms with Crippen molar-refractivity contribution in [3.05, 3.63) is 148 Å². The number of benzene rings is 7. The largest absolute Gasteiger partial charge is 0.376 e. The van der Waals surface area contributed by atoms with Crippen LogP contribution >= 0.6 is 11.3 Å². The van der Waals surface area contributed by atoms with Gasteiger partial charge in [0.25, 0.3) is 0 Å². The highest BCUT2D eigenvalue weighted by Crippen LogP contribution is 2.59. The Morgan fingerprint density at radius 2 is 1.12 bits per heavy atom. The van der Waals surface area contributed by atoms with Gasteiger partial charge in [-0.1, -0.05) is 158 Å². The van der Waals surface area contributed by atoms with Crippen LogP contribution < -0.4 is 15.7 Å². The van der Waals surface area contributed by atoms with E-state index in [1.165, 1.54) is 138 Å². The van der Waals surface area contributed by atoms with Crippen molar-refractivity contribution in [1.82, 2.24) is 4.57 Å². The molecule has 69 heavy (non-hydrogen) atoms. The van der Waals surface area contributed by atoms with Gasteiger partial charge in [0.1, 0.15) is 0 Å². The van der Waals surface area contributed by atoms with Crippen LogP contribution in [0.4, 0.5) is 11.4 Å². The number of fused-ring (bicyclic) bond motifs is 17. The topological polar surface area (TPSA) is 8.17 Å². The minimum absolute atomic E-state index is 0.00193. The Bertz CT molecular complexity index is 3750. The van der Waals surface area contributed by atoms with E-state index in [9.17, 15) is 0 Å². The highest BCUT2D eigenvalue weighted by atomic mass is 32.1. The van der Waals surface area contributed by atoms with Crippen molar-refractivity contribution in [2.75, 3.05) is 4.81 Å². The Morgan fingerprint density at radius 1 is 0.522 bits per heavy atom. The molecule has 0 saturated carbocycles. The zero-order valence-corrected chi connectivity index (χ0v) is 44.5. The van der Waals surface area contributed by atoms with Crippen molar-refractivity contribution in [3.63, 3.8) is 0 Å². The first-order valence-electron chi connectivity index (χ1n) is 25.8. The maximum Gasteiger partial charge on any atom is 0.333 e. The fourth-order valence-electron chi connectivity index (χ4n) is 13.4. The lowest BCUT2D eigenvalue weighted by atomic mass is 9.43. The number of hydrogen-bond donors (Lipinski definition) is 0. The van der Waals surface area contributed by atoms with Crippen molar-refractivity contribution in [3.8, 4) is 27.9 Å². The molecule has 9 aromatic rings. The summed E-state index contributed by atoms with van der Waals surface area (Å²) in [7, 11) is 0. The van der Waals surface area contributed by atoms with Crippen LogP contribution in [-0.4, -0.2) is 11.4 Å². The number of anilines is 2. The van der Waals surface area contributed by atoms with Crippen LogP contribution in [0.3, 0.4) is 0 Å². The number of thiophene rings is 1. The van der Waals surface area contributed by atoms with Crippen LogP contribution in [0, 0.1) is 0 Å². The molecule has 2 aliphatic carbocycles. The summed E-state index contributed by atoms with van der Waals surface area (Å²) in [5, 5.41) is 5.53. The highest BCUT2D eigenvalue weighted by Gasteiger charge is 2.49. The normalized spacial score (nSPS) is 17.4. The molecule has 0 amide bonds. The monoisotopic (exact) mass is 919 g/mol. The average molecular weight is 919 g/mol. The van der Waals surface area contributed by atoms with Gasteiger partial charge in [-0.25, -0.2) is 0 Å². The predicted molar refractivity (Wildman–Crippen MR) is 302 cm³/mol. The molecule has 0 unspecified atom stereocenters. The Morgan fingerprint density at radius 3 is 1.80 bits per heavy atom. The second-order valence-electron chi connectivity index (χ2n) is 26.5. The van der Waals surface area contributed by atoms with E-state index >= 15 is 0 Å². The molecule has 4 heteroatoms. The molecule has 346 valence electrons. The van der Waals surface area contributed by atoms with E-state index in [2.05, 4.69) is 222 Å². The van der Waals surface area contributed by atoms with Gasteiger partial charge in [-0.15, -0.1) is 11.3 Å². The summed E-state index contributed by atoms with van der Waals surface area (Å²) in [4.78, 5) is 2.79. The molecule has 0 radical (unpaired) electrons. The number of rotatable bonds is 1. The van der Waals surface area contributed by atoms with Crippen LogP contribution in [-0.2, 0) is 32.5 Å². The predicted octanol–water partition coefficient (Wildman–Crippen LogP) is 16.9. The van der Waals surface area contributed by atoms with Gasteiger partial charge in [0.05, 0.1) is 11.0 Å². The molecule has 7 aromatic carbocycles. The van der Waals surface area contributed by atoms with Crippen LogP contribution in [0.1, 0.15) is 156 Å². The summed E-state index contributed by atoms with van der Waals surface area (Å²) in [6, 6.07) is 44.4. The number of nitrogens with zero attached hydrogens (tertiary/aromatic N) is 2. The Balaban J connectivity index is 1.24. The number of hydrogen-bond acceptors (Lipinski definition) is 2. The summed E-state index contributed by atoms with van der Waals surface area (Å²) in [6.07, 6.45) is 2.41. The molecule has 0 bridgehead atoms. The molecule has 0 atom stereocenters. The quantitative estimate of drug-likeness (QED) is 0.149. The lowest BCUT2D eigenvalue weighted by Gasteiger charge is -2.43. The molecule has 2 nitrogen and oxygen atoms in total. The summed E-state index contributed by atoms with van der Waals surface area (Å²) >= 11 is 2.00. The van der Waals surface area contributed by atoms with Gasteiger partial charge in [-0.05, 0) is 161 Å². The fourth-order valence-corrected chi connectivity index (χ4v) is 14.7. The number of aromatic nitrogens is 1. The Labute approximate surface area is 414 Å². The SMILES string of the molecule is CC(C)(C)c1ccc(N2B3c4cc(C(C)(C)C)ccc4-n4c5ccc(C(C)(C)C)cc5c5c6sc7ccccc7c6c(c3c54)-c3cc4c(cc32)C(C)(C)c2cc3c(cc2-4)C(C)(C)CCC3(C)C)cc1. The Kier molecular flexibility index (Phi) is 8.46. The molecule has 13 rings (SSSR count). The molecule has 0 saturated heterocycles. The second-order valence-corrected chi connectivity index (χ2v) is 27.5. The lowest BCUT2D eigenvalue weighted by Crippen LogP contribution is -2.60. The summed E-state index contributed by atoms with van der Waals surface area (Å²) < 4.78 is 5.44. The first-order valence-corrected chi connectivity index (χ1v) is 26.6. The lowest BCUT2D eigenvalue weighted by molar-refractivity contribution is 0.331. The molecular weight excluding hydrogens is 852 g/mol. The van der Waals surface area contributed by atoms with Crippen LogP contribution in [0.5, 0.6) is 0 Å². The minimum Gasteiger partial charge on any atom is -0.376 e. The molecule has 0 fully saturated rings. The summed E-state index contributed by atoms with van der Waals surface area (Å²) in [6.45, 7) is 36.0. The van der Waals surface area contributed by atoms with Crippen molar-refractivity contribution >= 4 is 82.5 Å². The standard InChI is InChI=1S/C65H67BN2S/c1-60(2,3)36-20-24-39(25-21-36)68-52-35-46-41(42-33-47-48(34-45(42)65(46,14)15)64(12,13)29-28-63(47,10)11)32-44(52)54-55-40-18-16-17-19-53(40)69-59(55)56-43-30-37(61(4,5)6)22-26-50(43)67-51-27-23-38(62(7,8)9)31-49(51)66(68)57(54)58(56)67/h16-27,30-35H,28-29H2,1-15H3. The first-order chi connectivity index (χ1) is 32.4. The van der Waals surface area contributed by atoms with Crippen LogP contribution in [0.2, 0.25) is 0 Å². The van der Waals surface area contributed by atoms with Gasteiger partial charge in [0, 0.05) is 59.0 Å². The smallest absolute Gasteiger partial charge is 0.333 e. The maximum absolute atomic E-state index is 2.79. The summed E-state index contributed by atoms with van der Waals surface area (Å²) in [5.41, 5.74) is 25.0. The van der Waals surface area contributed by atoms with E-state index in [0.29, 0.717) is 0 Å². The second kappa shape index (κ2) is 13.4. The third-order valence-electron chi connectivity index (χ3n) is 17.7. The van der Waals surface area contributed by atoms with Gasteiger partial charge in [-0.2, -0.15) is 0 Å². The van der Waals surface area contributed by atoms with E-state index in [1.54, 1.807) is 5.56 Å². The van der Waals surface area contributed by atoms with E-state index in [0.717, 1.165) is 0 Å². The maximum atomic E-state index is 2.79. The molecular formula is C65H67BN2S. The average Bonchev–Trinajstić information content (AvgIpc) is 3.91. The van der Waals surface area contributed by atoms with Crippen LogP contribution in [0.15, 0.2) is 109 Å². The first kappa shape index (κ1) is 43.4. The Hall–Kier alpha value is -5.58. The molecule has 4 heterocycles. The highest BCUT2D eigenvalue weighted by molar-refractivity contribution is 7.27. The molecule has 2 aliphatic heterocycles. The van der Waals surface area contributed by atoms with E-state index in [4.69, 9.17) is 0 Å². The van der Waals surface area contributed by atoms with Gasteiger partial charge in [-0.3, -0.25) is 0 Å². The molecule has 2 aromatic heterocycles. The van der Waals surface area contributed by atoms with Crippen molar-refractivity contribution in [1.29, 1.82) is 0 Å². The fraction of sp³-hybridized carbons (Fsp3) is 0.354. The van der Waals surface area contributed by atoms with E-state index < -0.39 is 0 Å². The third kappa shape index (κ3) is 5.79. The van der Waals surface area contributed by atoms with Crippen molar-refractivity contribution in [2.45, 2.75) is 149 Å². The van der Waals surface area contributed by atoms with Crippen molar-refractivity contribution in [2.24, 2.45) is 0 Å². The molecule has 0 spiro atoms. The van der Waals surface area contributed by atoms with E-state index in [-0.39, 0.29) is 39.3 Å². The van der Waals surface area contributed by atoms with Crippen LogP contribution in [0.25, 0.3) is 69.9 Å². The van der Waals surface area contributed by atoms with Crippen molar-refractivity contribution < 1.29 is 0 Å². The van der Waals surface area contributed by atoms with Gasteiger partial charge in [0.15, 0.2) is 0 Å². The third-order valence-corrected chi connectivity index (χ3v) is 18.9. The van der Waals surface area contributed by atoms with Gasteiger partial charge >= 0.3 is 6.85 Å². The van der Waals surface area contributed by atoms with Gasteiger partial charge < -0.3 is 9.38 Å². The molecule has 4 aliphatic rings. The zero-order valence-electron chi connectivity index (χ0n) is 43.7. The van der Waals surface area contributed by atoms with Gasteiger partial charge in [0.2, 0.25) is 0 Å². The minimum atomic E-state index is -0.191. The summed E-state index contributed by atoms with van der Waals surface area (Å²) in [5.74, 6) is 0.